The molecule has 19 heavy (non-hydrogen) atoms. The summed E-state index contributed by atoms with van der Waals surface area (Å²) in [6.45, 7) is 13.0. The van der Waals surface area contributed by atoms with Gasteiger partial charge in [-0.1, -0.05) is 58.1 Å². The maximum atomic E-state index is 12.8. The summed E-state index contributed by atoms with van der Waals surface area (Å²) in [5.74, 6) is 0. The molecule has 0 amide bonds. The molecule has 0 aliphatic carbocycles. The van der Waals surface area contributed by atoms with Crippen molar-refractivity contribution >= 4 is 9.84 Å². The fourth-order valence-corrected chi connectivity index (χ4v) is 4.30. The van der Waals surface area contributed by atoms with E-state index in [2.05, 4.69) is 13.2 Å². The Balaban J connectivity index is 5.73. The van der Waals surface area contributed by atoms with E-state index in [0.717, 1.165) is 12.8 Å². The summed E-state index contributed by atoms with van der Waals surface area (Å²) in [6, 6.07) is 0. The second kappa shape index (κ2) is 8.16. The third-order valence-electron chi connectivity index (χ3n) is 3.20. The van der Waals surface area contributed by atoms with Gasteiger partial charge in [0.25, 0.3) is 0 Å². The summed E-state index contributed by atoms with van der Waals surface area (Å²) < 4.78 is 24.9. The normalized spacial score (nSPS) is 13.7. The summed E-state index contributed by atoms with van der Waals surface area (Å²) in [6.07, 6.45) is 10.9. The molecule has 0 aromatic heterocycles. The zero-order valence-electron chi connectivity index (χ0n) is 12.4. The first kappa shape index (κ1) is 17.9. The molecular formula is C16H26O2S. The van der Waals surface area contributed by atoms with Gasteiger partial charge in [0.2, 0.25) is 0 Å². The van der Waals surface area contributed by atoms with Crippen LogP contribution in [0.4, 0.5) is 0 Å². The molecule has 0 aromatic rings. The number of sulfone groups is 1. The molecule has 0 heterocycles. The van der Waals surface area contributed by atoms with E-state index in [1.165, 1.54) is 6.08 Å². The average Bonchev–Trinajstić information content (AvgIpc) is 2.34. The highest BCUT2D eigenvalue weighted by atomic mass is 32.2. The van der Waals surface area contributed by atoms with Crippen LogP contribution in [-0.4, -0.2) is 13.2 Å². The Kier molecular flexibility index (Phi) is 7.69. The van der Waals surface area contributed by atoms with Crippen LogP contribution in [0.2, 0.25) is 0 Å². The van der Waals surface area contributed by atoms with Gasteiger partial charge in [-0.3, -0.25) is 0 Å². The van der Waals surface area contributed by atoms with Gasteiger partial charge < -0.3 is 0 Å². The average molecular weight is 282 g/mol. The van der Waals surface area contributed by atoms with Crippen molar-refractivity contribution in [2.75, 3.05) is 0 Å². The molecule has 0 aromatic carbocycles. The van der Waals surface area contributed by atoms with E-state index < -0.39 is 14.6 Å². The van der Waals surface area contributed by atoms with Crippen molar-refractivity contribution in [2.45, 2.75) is 51.2 Å². The second-order valence-corrected chi connectivity index (χ2v) is 7.32. The zero-order valence-corrected chi connectivity index (χ0v) is 13.2. The molecule has 0 aliphatic rings. The highest BCUT2D eigenvalue weighted by Crippen LogP contribution is 2.34. The lowest BCUT2D eigenvalue weighted by molar-refractivity contribution is 0.475. The first-order chi connectivity index (χ1) is 8.89. The Morgan fingerprint density at radius 2 is 1.63 bits per heavy atom. The number of hydrogen-bond donors (Lipinski definition) is 0. The van der Waals surface area contributed by atoms with E-state index in [0.29, 0.717) is 17.7 Å². The molecule has 3 heteroatoms. The standard InChI is InChI=1S/C16H26O2S/c1-6-10-12-15(11-7-2)19(17,18)16(5,13-8-3)14-9-4/h6-7,10-12H,1-2,8-9,13-14H2,3-5H3/b12-10-,15-11+. The molecule has 0 rings (SSSR count). The zero-order chi connectivity index (χ0) is 14.9. The highest BCUT2D eigenvalue weighted by Gasteiger charge is 2.38. The van der Waals surface area contributed by atoms with Gasteiger partial charge in [0.15, 0.2) is 9.84 Å². The molecule has 0 saturated heterocycles. The van der Waals surface area contributed by atoms with Crippen molar-refractivity contribution in [3.8, 4) is 0 Å². The molecule has 108 valence electrons. The number of hydrogen-bond acceptors (Lipinski definition) is 2. The third kappa shape index (κ3) is 4.50. The van der Waals surface area contributed by atoms with Crippen LogP contribution < -0.4 is 0 Å². The minimum Gasteiger partial charge on any atom is -0.223 e. The van der Waals surface area contributed by atoms with Crippen molar-refractivity contribution in [2.24, 2.45) is 0 Å². The lowest BCUT2D eigenvalue weighted by Crippen LogP contribution is -2.35. The summed E-state index contributed by atoms with van der Waals surface area (Å²) >= 11 is 0. The van der Waals surface area contributed by atoms with Gasteiger partial charge in [0.05, 0.1) is 9.65 Å². The molecular weight excluding hydrogens is 256 g/mol. The second-order valence-electron chi connectivity index (χ2n) is 4.85. The van der Waals surface area contributed by atoms with E-state index in [4.69, 9.17) is 0 Å². The summed E-state index contributed by atoms with van der Waals surface area (Å²) in [4.78, 5) is 0.312. The van der Waals surface area contributed by atoms with Gasteiger partial charge in [-0.15, -0.1) is 0 Å². The van der Waals surface area contributed by atoms with Crippen molar-refractivity contribution in [3.05, 3.63) is 48.4 Å². The minimum absolute atomic E-state index is 0.312. The molecule has 0 atom stereocenters. The first-order valence-electron chi connectivity index (χ1n) is 6.76. The smallest absolute Gasteiger partial charge is 0.183 e. The molecule has 0 aliphatic heterocycles. The van der Waals surface area contributed by atoms with Gasteiger partial charge >= 0.3 is 0 Å². The Labute approximate surface area is 118 Å². The van der Waals surface area contributed by atoms with Crippen LogP contribution in [0.1, 0.15) is 46.5 Å². The van der Waals surface area contributed by atoms with Crippen LogP contribution in [-0.2, 0) is 9.84 Å². The molecule has 0 bridgehead atoms. The van der Waals surface area contributed by atoms with E-state index in [-0.39, 0.29) is 0 Å². The molecule has 0 spiro atoms. The van der Waals surface area contributed by atoms with Crippen molar-refractivity contribution < 1.29 is 8.42 Å². The monoisotopic (exact) mass is 282 g/mol. The van der Waals surface area contributed by atoms with Gasteiger partial charge in [-0.05, 0) is 31.9 Å². The number of rotatable bonds is 9. The van der Waals surface area contributed by atoms with Gasteiger partial charge in [0, 0.05) is 0 Å². The third-order valence-corrected chi connectivity index (χ3v) is 5.79. The topological polar surface area (TPSA) is 34.1 Å². The Bertz CT molecular complexity index is 447. The van der Waals surface area contributed by atoms with Gasteiger partial charge in [-0.25, -0.2) is 8.42 Å². The Hall–Kier alpha value is -1.09. The van der Waals surface area contributed by atoms with Crippen molar-refractivity contribution in [1.82, 2.24) is 0 Å². The Morgan fingerprint density at radius 3 is 2.00 bits per heavy atom. The largest absolute Gasteiger partial charge is 0.223 e. The van der Waals surface area contributed by atoms with E-state index in [1.807, 2.05) is 20.8 Å². The first-order valence-corrected chi connectivity index (χ1v) is 8.24. The van der Waals surface area contributed by atoms with E-state index in [1.54, 1.807) is 24.3 Å². The molecule has 0 unspecified atom stereocenters. The van der Waals surface area contributed by atoms with Crippen LogP contribution >= 0.6 is 0 Å². The van der Waals surface area contributed by atoms with Crippen molar-refractivity contribution in [1.29, 1.82) is 0 Å². The van der Waals surface area contributed by atoms with E-state index in [9.17, 15) is 8.42 Å². The lowest BCUT2D eigenvalue weighted by atomic mass is 10.00. The van der Waals surface area contributed by atoms with E-state index >= 15 is 0 Å². The van der Waals surface area contributed by atoms with Gasteiger partial charge in [-0.2, -0.15) is 0 Å². The SMILES string of the molecule is C=C/C=C\C(=C/C=C)S(=O)(=O)C(C)(CCC)CCC. The van der Waals surface area contributed by atoms with Crippen LogP contribution in [0.25, 0.3) is 0 Å². The molecule has 2 nitrogen and oxygen atoms in total. The van der Waals surface area contributed by atoms with Crippen molar-refractivity contribution in [3.63, 3.8) is 0 Å². The predicted molar refractivity (Wildman–Crippen MR) is 84.8 cm³/mol. The maximum absolute atomic E-state index is 12.8. The minimum atomic E-state index is -3.37. The number of allylic oxidation sites excluding steroid dienone is 5. The van der Waals surface area contributed by atoms with Gasteiger partial charge in [0.1, 0.15) is 0 Å². The predicted octanol–water partition coefficient (Wildman–Crippen LogP) is 4.57. The fourth-order valence-electron chi connectivity index (χ4n) is 2.25. The fraction of sp³-hybridized carbons (Fsp3) is 0.500. The Morgan fingerprint density at radius 1 is 1.11 bits per heavy atom. The highest BCUT2D eigenvalue weighted by molar-refractivity contribution is 7.96. The lowest BCUT2D eigenvalue weighted by Gasteiger charge is -2.29. The molecule has 0 N–H and O–H groups in total. The quantitative estimate of drug-likeness (QED) is 0.580. The summed E-state index contributed by atoms with van der Waals surface area (Å²) in [5, 5.41) is 0. The van der Waals surface area contributed by atoms with Crippen LogP contribution in [0.5, 0.6) is 0 Å². The van der Waals surface area contributed by atoms with Crippen LogP contribution in [0, 0.1) is 0 Å². The molecule has 0 radical (unpaired) electrons. The summed E-state index contributed by atoms with van der Waals surface area (Å²) in [5.41, 5.74) is 0. The van der Waals surface area contributed by atoms with Crippen LogP contribution in [0.15, 0.2) is 48.4 Å². The molecule has 0 saturated carbocycles. The summed E-state index contributed by atoms with van der Waals surface area (Å²) in [7, 11) is -3.37. The molecule has 0 fully saturated rings. The maximum Gasteiger partial charge on any atom is 0.183 e. The van der Waals surface area contributed by atoms with Crippen LogP contribution in [0.3, 0.4) is 0 Å².